The molecule has 1 aliphatic rings. The second-order valence-electron chi connectivity index (χ2n) is 5.21. The molecule has 2 aromatic rings. The monoisotopic (exact) mass is 319 g/mol. The van der Waals surface area contributed by atoms with E-state index >= 15 is 0 Å². The Balaban J connectivity index is 1.61. The molecule has 1 N–H and O–H groups in total. The van der Waals surface area contributed by atoms with Gasteiger partial charge in [-0.2, -0.15) is 5.10 Å². The molecule has 0 saturated carbocycles. The fourth-order valence-electron chi connectivity index (χ4n) is 2.70. The SMILES string of the molecule is Cn1ccc(CNC2CCc3cc(Br)ccc3C2)n1. The minimum atomic E-state index is 0.565. The highest BCUT2D eigenvalue weighted by molar-refractivity contribution is 9.10. The maximum Gasteiger partial charge on any atom is 0.0762 e. The fraction of sp³-hybridized carbons (Fsp3) is 0.400. The van der Waals surface area contributed by atoms with E-state index in [4.69, 9.17) is 0 Å². The van der Waals surface area contributed by atoms with Gasteiger partial charge >= 0.3 is 0 Å². The summed E-state index contributed by atoms with van der Waals surface area (Å²) in [6, 6.07) is 9.27. The van der Waals surface area contributed by atoms with Crippen molar-refractivity contribution in [2.75, 3.05) is 0 Å². The van der Waals surface area contributed by atoms with Gasteiger partial charge in [0.05, 0.1) is 5.69 Å². The van der Waals surface area contributed by atoms with Gasteiger partial charge in [-0.1, -0.05) is 22.0 Å². The first-order valence-corrected chi connectivity index (χ1v) is 7.49. The lowest BCUT2D eigenvalue weighted by molar-refractivity contribution is 0.453. The molecule has 0 fully saturated rings. The number of hydrogen-bond acceptors (Lipinski definition) is 2. The minimum absolute atomic E-state index is 0.565. The number of fused-ring (bicyclic) bond motifs is 1. The maximum atomic E-state index is 4.40. The summed E-state index contributed by atoms with van der Waals surface area (Å²) in [4.78, 5) is 0. The van der Waals surface area contributed by atoms with Crippen LogP contribution in [-0.4, -0.2) is 15.8 Å². The Kier molecular flexibility index (Phi) is 3.71. The lowest BCUT2D eigenvalue weighted by atomic mass is 9.88. The summed E-state index contributed by atoms with van der Waals surface area (Å²) in [6.07, 6.45) is 5.48. The third kappa shape index (κ3) is 3.07. The number of aromatic nitrogens is 2. The molecule has 1 aliphatic carbocycles. The summed E-state index contributed by atoms with van der Waals surface area (Å²) in [5.41, 5.74) is 4.09. The Morgan fingerprint density at radius 1 is 1.37 bits per heavy atom. The van der Waals surface area contributed by atoms with Crippen molar-refractivity contribution in [1.82, 2.24) is 15.1 Å². The van der Waals surface area contributed by atoms with Crippen molar-refractivity contribution in [1.29, 1.82) is 0 Å². The zero-order chi connectivity index (χ0) is 13.2. The molecular weight excluding hydrogens is 302 g/mol. The average Bonchev–Trinajstić information content (AvgIpc) is 2.82. The van der Waals surface area contributed by atoms with Crippen LogP contribution in [0.25, 0.3) is 0 Å². The van der Waals surface area contributed by atoms with Crippen LogP contribution in [0, 0.1) is 0 Å². The van der Waals surface area contributed by atoms with Crippen molar-refractivity contribution in [2.24, 2.45) is 7.05 Å². The summed E-state index contributed by atoms with van der Waals surface area (Å²) < 4.78 is 3.04. The van der Waals surface area contributed by atoms with Crippen molar-refractivity contribution in [3.05, 3.63) is 51.8 Å². The van der Waals surface area contributed by atoms with Crippen molar-refractivity contribution in [2.45, 2.75) is 31.8 Å². The van der Waals surface area contributed by atoms with Crippen molar-refractivity contribution in [3.63, 3.8) is 0 Å². The largest absolute Gasteiger partial charge is 0.308 e. The average molecular weight is 320 g/mol. The Hall–Kier alpha value is -1.13. The number of benzene rings is 1. The Labute approximate surface area is 122 Å². The van der Waals surface area contributed by atoms with E-state index in [9.17, 15) is 0 Å². The third-order valence-corrected chi connectivity index (χ3v) is 4.23. The van der Waals surface area contributed by atoms with Gasteiger partial charge < -0.3 is 5.32 Å². The van der Waals surface area contributed by atoms with Crippen LogP contribution in [0.5, 0.6) is 0 Å². The second kappa shape index (κ2) is 5.47. The van der Waals surface area contributed by atoms with Crippen molar-refractivity contribution in [3.8, 4) is 0 Å². The van der Waals surface area contributed by atoms with Crippen LogP contribution in [0.1, 0.15) is 23.2 Å². The van der Waals surface area contributed by atoms with Gasteiger partial charge in [-0.3, -0.25) is 4.68 Å². The van der Waals surface area contributed by atoms with Crippen molar-refractivity contribution < 1.29 is 0 Å². The van der Waals surface area contributed by atoms with E-state index < -0.39 is 0 Å². The molecule has 0 aliphatic heterocycles. The lowest BCUT2D eigenvalue weighted by Crippen LogP contribution is -2.34. The van der Waals surface area contributed by atoms with E-state index in [1.165, 1.54) is 22.0 Å². The first kappa shape index (κ1) is 12.9. The van der Waals surface area contributed by atoms with Crippen LogP contribution >= 0.6 is 15.9 Å². The molecule has 0 saturated heterocycles. The number of aryl methyl sites for hydroxylation is 2. The Bertz CT molecular complexity index is 577. The first-order chi connectivity index (χ1) is 9.20. The fourth-order valence-corrected chi connectivity index (χ4v) is 3.11. The molecule has 0 bridgehead atoms. The van der Waals surface area contributed by atoms with Gasteiger partial charge in [0.15, 0.2) is 0 Å². The summed E-state index contributed by atoms with van der Waals surface area (Å²) in [5.74, 6) is 0. The van der Waals surface area contributed by atoms with Crippen LogP contribution in [0.2, 0.25) is 0 Å². The predicted molar refractivity (Wildman–Crippen MR) is 80.0 cm³/mol. The van der Waals surface area contributed by atoms with E-state index in [1.807, 2.05) is 17.9 Å². The highest BCUT2D eigenvalue weighted by atomic mass is 79.9. The molecular formula is C15H18BrN3. The van der Waals surface area contributed by atoms with E-state index in [1.54, 1.807) is 0 Å². The second-order valence-corrected chi connectivity index (χ2v) is 6.13. The van der Waals surface area contributed by atoms with Gasteiger partial charge in [-0.05, 0) is 48.6 Å². The molecule has 1 aromatic carbocycles. The highest BCUT2D eigenvalue weighted by Gasteiger charge is 2.18. The highest BCUT2D eigenvalue weighted by Crippen LogP contribution is 2.24. The van der Waals surface area contributed by atoms with Crippen LogP contribution in [0.4, 0.5) is 0 Å². The normalized spacial score (nSPS) is 18.3. The summed E-state index contributed by atoms with van der Waals surface area (Å²) in [7, 11) is 1.96. The standard InChI is InChI=1S/C15H18BrN3/c1-19-7-6-15(18-19)10-17-14-5-3-11-8-13(16)4-2-12(11)9-14/h2,4,6-8,14,17H,3,5,9-10H2,1H3. The number of hydrogen-bond donors (Lipinski definition) is 1. The number of rotatable bonds is 3. The molecule has 3 rings (SSSR count). The van der Waals surface area contributed by atoms with Crippen LogP contribution in [-0.2, 0) is 26.4 Å². The molecule has 100 valence electrons. The minimum Gasteiger partial charge on any atom is -0.308 e. The smallest absolute Gasteiger partial charge is 0.0762 e. The summed E-state index contributed by atoms with van der Waals surface area (Å²) in [6.45, 7) is 0.859. The zero-order valence-electron chi connectivity index (χ0n) is 11.1. The van der Waals surface area contributed by atoms with Gasteiger partial charge in [-0.15, -0.1) is 0 Å². The van der Waals surface area contributed by atoms with Gasteiger partial charge in [-0.25, -0.2) is 0 Å². The number of nitrogens with zero attached hydrogens (tertiary/aromatic N) is 2. The summed E-state index contributed by atoms with van der Waals surface area (Å²) >= 11 is 3.54. The van der Waals surface area contributed by atoms with E-state index in [2.05, 4.69) is 50.6 Å². The molecule has 19 heavy (non-hydrogen) atoms. The number of halogens is 1. The van der Waals surface area contributed by atoms with Crippen molar-refractivity contribution >= 4 is 15.9 Å². The topological polar surface area (TPSA) is 29.9 Å². The molecule has 0 spiro atoms. The van der Waals surface area contributed by atoms with Gasteiger partial charge in [0.2, 0.25) is 0 Å². The molecule has 1 aromatic heterocycles. The summed E-state index contributed by atoms with van der Waals surface area (Å²) in [5, 5.41) is 8.02. The molecule has 1 atom stereocenters. The van der Waals surface area contributed by atoms with Crippen LogP contribution in [0.15, 0.2) is 34.9 Å². The van der Waals surface area contributed by atoms with E-state index in [-0.39, 0.29) is 0 Å². The maximum absolute atomic E-state index is 4.40. The molecule has 0 radical (unpaired) electrons. The van der Waals surface area contributed by atoms with Gasteiger partial charge in [0.25, 0.3) is 0 Å². The van der Waals surface area contributed by atoms with Crippen LogP contribution in [0.3, 0.4) is 0 Å². The van der Waals surface area contributed by atoms with Gasteiger partial charge in [0.1, 0.15) is 0 Å². The third-order valence-electron chi connectivity index (χ3n) is 3.74. The Morgan fingerprint density at radius 2 is 2.26 bits per heavy atom. The molecule has 0 amide bonds. The quantitative estimate of drug-likeness (QED) is 0.942. The predicted octanol–water partition coefficient (Wildman–Crippen LogP) is 2.83. The molecule has 3 nitrogen and oxygen atoms in total. The Morgan fingerprint density at radius 3 is 3.05 bits per heavy atom. The van der Waals surface area contributed by atoms with E-state index in [0.717, 1.165) is 25.1 Å². The van der Waals surface area contributed by atoms with E-state index in [0.29, 0.717) is 6.04 Å². The van der Waals surface area contributed by atoms with Gasteiger partial charge in [0, 0.05) is 30.3 Å². The zero-order valence-corrected chi connectivity index (χ0v) is 12.7. The molecule has 4 heteroatoms. The lowest BCUT2D eigenvalue weighted by Gasteiger charge is -2.25. The van der Waals surface area contributed by atoms with Crippen LogP contribution < -0.4 is 5.32 Å². The number of nitrogens with one attached hydrogen (secondary N) is 1. The first-order valence-electron chi connectivity index (χ1n) is 6.70. The molecule has 1 heterocycles. The molecule has 1 unspecified atom stereocenters.